The SMILES string of the molecule is CCN1C(=O)C2CC=C3C(CC4(Cl)C(=O)N(C)C(=O)C4(Cl)C3C3=COc4ccc(O)cc4C3)C2C1=O. The maximum absolute atomic E-state index is 13.6. The van der Waals surface area contributed by atoms with Crippen LogP contribution in [0.15, 0.2) is 41.7 Å². The molecule has 1 aromatic rings. The molecule has 10 heteroatoms. The predicted octanol–water partition coefficient (Wildman–Crippen LogP) is 2.75. The van der Waals surface area contributed by atoms with Crippen LogP contribution in [0, 0.1) is 23.7 Å². The minimum atomic E-state index is -1.84. The Bertz CT molecular complexity index is 1320. The molecule has 4 amide bonds. The van der Waals surface area contributed by atoms with E-state index in [-0.39, 0.29) is 30.5 Å². The average Bonchev–Trinajstić information content (AvgIpc) is 3.18. The van der Waals surface area contributed by atoms with Crippen LogP contribution in [0.5, 0.6) is 11.5 Å². The van der Waals surface area contributed by atoms with Crippen molar-refractivity contribution in [3.05, 3.63) is 47.2 Å². The molecule has 2 aliphatic carbocycles. The lowest BCUT2D eigenvalue weighted by atomic mass is 9.56. The summed E-state index contributed by atoms with van der Waals surface area (Å²) in [6.45, 7) is 2.02. The summed E-state index contributed by atoms with van der Waals surface area (Å²) < 4.78 is 5.86. The molecule has 188 valence electrons. The highest BCUT2D eigenvalue weighted by Crippen LogP contribution is 2.64. The van der Waals surface area contributed by atoms with E-state index in [2.05, 4.69) is 0 Å². The molecule has 1 N–H and O–H groups in total. The van der Waals surface area contributed by atoms with Gasteiger partial charge in [-0.3, -0.25) is 29.0 Å². The molecule has 6 atom stereocenters. The summed E-state index contributed by atoms with van der Waals surface area (Å²) in [6.07, 6.45) is 4.03. The first kappa shape index (κ1) is 23.6. The number of carbonyl (C=O) groups excluding carboxylic acids is 4. The topological polar surface area (TPSA) is 104 Å². The second kappa shape index (κ2) is 7.59. The summed E-state index contributed by atoms with van der Waals surface area (Å²) in [7, 11) is 1.36. The van der Waals surface area contributed by atoms with Crippen molar-refractivity contribution in [3.8, 4) is 11.5 Å². The maximum atomic E-state index is 13.6. The summed E-state index contributed by atoms with van der Waals surface area (Å²) in [5, 5.41) is 10.0. The van der Waals surface area contributed by atoms with Gasteiger partial charge in [0, 0.05) is 31.5 Å². The summed E-state index contributed by atoms with van der Waals surface area (Å²) >= 11 is 14.3. The van der Waals surface area contributed by atoms with Crippen LogP contribution in [0.4, 0.5) is 0 Å². The van der Waals surface area contributed by atoms with Crippen molar-refractivity contribution in [2.45, 2.75) is 35.9 Å². The van der Waals surface area contributed by atoms with Crippen LogP contribution in [0.25, 0.3) is 0 Å². The zero-order valence-corrected chi connectivity index (χ0v) is 21.2. The minimum absolute atomic E-state index is 0.0292. The molecule has 6 unspecified atom stereocenters. The van der Waals surface area contributed by atoms with Gasteiger partial charge in [-0.25, -0.2) is 0 Å². The maximum Gasteiger partial charge on any atom is 0.253 e. The van der Waals surface area contributed by atoms with Crippen molar-refractivity contribution in [1.82, 2.24) is 9.80 Å². The standard InChI is InChI=1S/C26H24Cl2N2O6/c1-3-30-21(32)16-6-5-15-17(19(16)22(30)33)10-25(27)23(34)29(2)24(35)26(25,28)20(15)13-8-12-9-14(31)4-7-18(12)36-11-13/h4-5,7,9,11,16-17,19-20,31H,3,6,8,10H2,1-2H3. The highest BCUT2D eigenvalue weighted by atomic mass is 35.5. The molecule has 3 aliphatic heterocycles. The van der Waals surface area contributed by atoms with Gasteiger partial charge in [0.1, 0.15) is 11.5 Å². The molecule has 0 aromatic heterocycles. The van der Waals surface area contributed by atoms with E-state index in [0.717, 1.165) is 10.5 Å². The molecule has 1 aromatic carbocycles. The minimum Gasteiger partial charge on any atom is -0.508 e. The van der Waals surface area contributed by atoms with E-state index in [0.29, 0.717) is 29.7 Å². The Morgan fingerprint density at radius 2 is 1.86 bits per heavy atom. The molecule has 5 aliphatic rings. The first-order valence-corrected chi connectivity index (χ1v) is 12.7. The molecule has 1 saturated carbocycles. The third kappa shape index (κ3) is 2.72. The van der Waals surface area contributed by atoms with Gasteiger partial charge in [0.2, 0.25) is 11.8 Å². The number of phenolic OH excluding ortho intramolecular Hbond substituents is 1. The largest absolute Gasteiger partial charge is 0.508 e. The van der Waals surface area contributed by atoms with Crippen molar-refractivity contribution < 1.29 is 29.0 Å². The lowest BCUT2D eigenvalue weighted by Gasteiger charge is -2.51. The molecular weight excluding hydrogens is 507 g/mol. The fourth-order valence-electron chi connectivity index (χ4n) is 6.93. The number of amides is 4. The number of hydrogen-bond acceptors (Lipinski definition) is 6. The highest BCUT2D eigenvalue weighted by Gasteiger charge is 2.76. The smallest absolute Gasteiger partial charge is 0.253 e. The number of benzene rings is 1. The number of hydrogen-bond donors (Lipinski definition) is 1. The molecule has 8 nitrogen and oxygen atoms in total. The average molecular weight is 531 g/mol. The first-order chi connectivity index (χ1) is 17.0. The molecule has 3 fully saturated rings. The Labute approximate surface area is 217 Å². The fourth-order valence-corrected chi connectivity index (χ4v) is 7.97. The number of rotatable bonds is 2. The van der Waals surface area contributed by atoms with Crippen LogP contribution >= 0.6 is 23.2 Å². The van der Waals surface area contributed by atoms with Gasteiger partial charge in [-0.2, -0.15) is 0 Å². The van der Waals surface area contributed by atoms with Gasteiger partial charge in [0.05, 0.1) is 18.1 Å². The second-order valence-electron chi connectivity index (χ2n) is 10.2. The lowest BCUT2D eigenvalue weighted by molar-refractivity contribution is -0.141. The number of imide groups is 2. The second-order valence-corrected chi connectivity index (χ2v) is 11.4. The Balaban J connectivity index is 1.52. The van der Waals surface area contributed by atoms with Crippen LogP contribution in [0.3, 0.4) is 0 Å². The van der Waals surface area contributed by atoms with Crippen molar-refractivity contribution in [3.63, 3.8) is 0 Å². The number of likely N-dealkylation sites (tertiary alicyclic amines) is 2. The van der Waals surface area contributed by atoms with Gasteiger partial charge >= 0.3 is 0 Å². The number of allylic oxidation sites excluding steroid dienone is 3. The molecular formula is C26H24Cl2N2O6. The number of carbonyl (C=O) groups is 4. The van der Waals surface area contributed by atoms with Gasteiger partial charge < -0.3 is 9.84 Å². The Kier molecular flexibility index (Phi) is 4.96. The third-order valence-corrected chi connectivity index (χ3v) is 9.98. The van der Waals surface area contributed by atoms with E-state index in [9.17, 15) is 24.3 Å². The van der Waals surface area contributed by atoms with Crippen LogP contribution < -0.4 is 4.74 Å². The number of nitrogens with zero attached hydrogens (tertiary/aromatic N) is 2. The normalized spacial score (nSPS) is 37.1. The van der Waals surface area contributed by atoms with Gasteiger partial charge in [0.25, 0.3) is 11.8 Å². The van der Waals surface area contributed by atoms with Gasteiger partial charge in [-0.05, 0) is 49.5 Å². The summed E-state index contributed by atoms with van der Waals surface area (Å²) in [5.74, 6) is -3.69. The predicted molar refractivity (Wildman–Crippen MR) is 129 cm³/mol. The molecule has 0 spiro atoms. The Morgan fingerprint density at radius 1 is 1.11 bits per heavy atom. The summed E-state index contributed by atoms with van der Waals surface area (Å²) in [6, 6.07) is 4.74. The van der Waals surface area contributed by atoms with E-state index in [4.69, 9.17) is 27.9 Å². The molecule has 6 rings (SSSR count). The zero-order chi connectivity index (χ0) is 25.7. The van der Waals surface area contributed by atoms with Crippen LogP contribution in [0.1, 0.15) is 25.3 Å². The van der Waals surface area contributed by atoms with Crippen molar-refractivity contribution >= 4 is 46.8 Å². The van der Waals surface area contributed by atoms with Crippen LogP contribution in [-0.4, -0.2) is 61.9 Å². The number of aromatic hydroxyl groups is 1. The molecule has 3 heterocycles. The van der Waals surface area contributed by atoms with Crippen molar-refractivity contribution in [2.75, 3.05) is 13.6 Å². The number of ether oxygens (including phenoxy) is 1. The quantitative estimate of drug-likeness (QED) is 0.358. The monoisotopic (exact) mass is 530 g/mol. The molecule has 2 saturated heterocycles. The number of fused-ring (bicyclic) bond motifs is 5. The Morgan fingerprint density at radius 3 is 2.58 bits per heavy atom. The summed E-state index contributed by atoms with van der Waals surface area (Å²) in [4.78, 5) is 51.9. The number of alkyl halides is 2. The Hall–Kier alpha value is -2.84. The van der Waals surface area contributed by atoms with Gasteiger partial charge in [0.15, 0.2) is 9.75 Å². The van der Waals surface area contributed by atoms with Crippen LogP contribution in [0.2, 0.25) is 0 Å². The summed E-state index contributed by atoms with van der Waals surface area (Å²) in [5.41, 5.74) is 2.04. The third-order valence-electron chi connectivity index (χ3n) is 8.57. The molecule has 36 heavy (non-hydrogen) atoms. The van der Waals surface area contributed by atoms with E-state index >= 15 is 0 Å². The first-order valence-electron chi connectivity index (χ1n) is 12.0. The molecule has 0 radical (unpaired) electrons. The lowest BCUT2D eigenvalue weighted by Crippen LogP contribution is -2.61. The van der Waals surface area contributed by atoms with Gasteiger partial charge in [-0.1, -0.05) is 11.6 Å². The van der Waals surface area contributed by atoms with Crippen molar-refractivity contribution in [1.29, 1.82) is 0 Å². The van der Waals surface area contributed by atoms with Crippen molar-refractivity contribution in [2.24, 2.45) is 23.7 Å². The highest BCUT2D eigenvalue weighted by molar-refractivity contribution is 6.53. The molecule has 0 bridgehead atoms. The van der Waals surface area contributed by atoms with E-state index in [1.807, 2.05) is 6.08 Å². The zero-order valence-electron chi connectivity index (χ0n) is 19.7. The van der Waals surface area contributed by atoms with E-state index < -0.39 is 45.2 Å². The fraction of sp³-hybridized carbons (Fsp3) is 0.462. The van der Waals surface area contributed by atoms with Gasteiger partial charge in [-0.15, -0.1) is 23.2 Å². The number of halogens is 2. The van der Waals surface area contributed by atoms with E-state index in [1.165, 1.54) is 24.3 Å². The number of phenols is 1. The van der Waals surface area contributed by atoms with Crippen LogP contribution in [-0.2, 0) is 25.6 Å². The van der Waals surface area contributed by atoms with E-state index in [1.54, 1.807) is 19.1 Å².